The molecule has 0 unspecified atom stereocenters. The van der Waals surface area contributed by atoms with Gasteiger partial charge in [0.1, 0.15) is 5.75 Å². The predicted octanol–water partition coefficient (Wildman–Crippen LogP) is 4.49. The van der Waals surface area contributed by atoms with Crippen molar-refractivity contribution in [1.82, 2.24) is 5.32 Å². The lowest BCUT2D eigenvalue weighted by Gasteiger charge is -2.37. The van der Waals surface area contributed by atoms with E-state index in [1.165, 1.54) is 37.7 Å². The molecular formula is C15H21BrClNO. The molecule has 1 aliphatic rings. The molecule has 4 heteroatoms. The zero-order valence-electron chi connectivity index (χ0n) is 11.3. The summed E-state index contributed by atoms with van der Waals surface area (Å²) in [7, 11) is 1.71. The lowest BCUT2D eigenvalue weighted by atomic mass is 9.83. The van der Waals surface area contributed by atoms with Crippen LogP contribution in [-0.4, -0.2) is 18.5 Å². The Labute approximate surface area is 129 Å². The van der Waals surface area contributed by atoms with Crippen molar-refractivity contribution in [2.75, 3.05) is 13.0 Å². The number of methoxy groups -OCH3 is 1. The minimum absolute atomic E-state index is 0.104. The number of alkyl halides is 1. The van der Waals surface area contributed by atoms with E-state index in [1.54, 1.807) is 7.11 Å². The largest absolute Gasteiger partial charge is 0.496 e. The van der Waals surface area contributed by atoms with Gasteiger partial charge in [0.05, 0.1) is 7.11 Å². The Morgan fingerprint density at radius 2 is 2.05 bits per heavy atom. The van der Waals surface area contributed by atoms with Gasteiger partial charge in [-0.2, -0.15) is 0 Å². The summed E-state index contributed by atoms with van der Waals surface area (Å²) in [6.45, 7) is 0.801. The molecule has 0 saturated heterocycles. The molecule has 106 valence electrons. The molecule has 1 fully saturated rings. The van der Waals surface area contributed by atoms with Crippen LogP contribution in [0.2, 0.25) is 0 Å². The van der Waals surface area contributed by atoms with Gasteiger partial charge in [-0.1, -0.05) is 35.2 Å². The summed E-state index contributed by atoms with van der Waals surface area (Å²) >= 11 is 9.72. The Hall–Kier alpha value is -0.250. The molecule has 1 aliphatic carbocycles. The van der Waals surface area contributed by atoms with Crippen molar-refractivity contribution >= 4 is 27.5 Å². The van der Waals surface area contributed by atoms with Gasteiger partial charge in [0, 0.05) is 28.0 Å². The van der Waals surface area contributed by atoms with Gasteiger partial charge in [-0.3, -0.25) is 0 Å². The molecule has 0 radical (unpaired) electrons. The maximum atomic E-state index is 6.21. The van der Waals surface area contributed by atoms with Crippen molar-refractivity contribution in [3.63, 3.8) is 0 Å². The van der Waals surface area contributed by atoms with Crippen LogP contribution in [0.3, 0.4) is 0 Å². The summed E-state index contributed by atoms with van der Waals surface area (Å²) < 4.78 is 6.49. The second-order valence-corrected chi connectivity index (χ2v) is 6.47. The average Bonchev–Trinajstić information content (AvgIpc) is 2.46. The third-order valence-electron chi connectivity index (χ3n) is 3.96. The van der Waals surface area contributed by atoms with E-state index in [0.29, 0.717) is 5.88 Å². The van der Waals surface area contributed by atoms with Gasteiger partial charge in [0.25, 0.3) is 0 Å². The second kappa shape index (κ2) is 6.96. The van der Waals surface area contributed by atoms with Crippen LogP contribution >= 0.6 is 27.5 Å². The van der Waals surface area contributed by atoms with Crippen LogP contribution in [0.1, 0.15) is 37.7 Å². The normalized spacial score (nSPS) is 18.3. The van der Waals surface area contributed by atoms with Crippen LogP contribution in [0.4, 0.5) is 0 Å². The number of halogens is 2. The van der Waals surface area contributed by atoms with E-state index in [2.05, 4.69) is 27.3 Å². The summed E-state index contributed by atoms with van der Waals surface area (Å²) in [5.41, 5.74) is 1.28. The van der Waals surface area contributed by atoms with Gasteiger partial charge in [-0.25, -0.2) is 0 Å². The summed E-state index contributed by atoms with van der Waals surface area (Å²) in [5, 5.41) is 3.67. The van der Waals surface area contributed by atoms with Crippen molar-refractivity contribution in [3.8, 4) is 5.75 Å². The quantitative estimate of drug-likeness (QED) is 0.793. The van der Waals surface area contributed by atoms with Gasteiger partial charge < -0.3 is 10.1 Å². The van der Waals surface area contributed by atoms with E-state index in [1.807, 2.05) is 12.1 Å². The molecule has 1 aromatic rings. The number of rotatable bonds is 5. The molecule has 0 amide bonds. The SMILES string of the molecule is COc1ccc(Br)cc1CNC1(CCl)CCCCC1. The molecule has 0 aromatic heterocycles. The molecule has 2 nitrogen and oxygen atoms in total. The highest BCUT2D eigenvalue weighted by atomic mass is 79.9. The molecule has 0 aliphatic heterocycles. The Kier molecular flexibility index (Phi) is 5.55. The second-order valence-electron chi connectivity index (χ2n) is 5.28. The molecule has 2 rings (SSSR count). The standard InChI is InChI=1S/C15H21BrClNO/c1-19-14-6-5-13(16)9-12(14)10-18-15(11-17)7-3-2-4-8-15/h5-6,9,18H,2-4,7-8,10-11H2,1H3. The van der Waals surface area contributed by atoms with Crippen molar-refractivity contribution in [2.24, 2.45) is 0 Å². The molecule has 1 saturated carbocycles. The maximum Gasteiger partial charge on any atom is 0.123 e. The first-order valence-electron chi connectivity index (χ1n) is 6.82. The van der Waals surface area contributed by atoms with Gasteiger partial charge >= 0.3 is 0 Å². The third-order valence-corrected chi connectivity index (χ3v) is 4.97. The topological polar surface area (TPSA) is 21.3 Å². The van der Waals surface area contributed by atoms with Crippen LogP contribution < -0.4 is 10.1 Å². The molecule has 0 bridgehead atoms. The zero-order valence-corrected chi connectivity index (χ0v) is 13.7. The molecule has 1 aromatic carbocycles. The summed E-state index contributed by atoms with van der Waals surface area (Å²) in [5.74, 6) is 1.61. The Bertz CT molecular complexity index is 419. The van der Waals surface area contributed by atoms with Gasteiger partial charge in [-0.15, -0.1) is 11.6 Å². The lowest BCUT2D eigenvalue weighted by Crippen LogP contribution is -2.48. The van der Waals surface area contributed by atoms with Crippen molar-refractivity contribution in [3.05, 3.63) is 28.2 Å². The van der Waals surface area contributed by atoms with Crippen molar-refractivity contribution < 1.29 is 4.74 Å². The summed E-state index contributed by atoms with van der Waals surface area (Å²) in [6.07, 6.45) is 6.23. The third kappa shape index (κ3) is 3.87. The number of hydrogen-bond acceptors (Lipinski definition) is 2. The Morgan fingerprint density at radius 3 is 2.68 bits per heavy atom. The monoisotopic (exact) mass is 345 g/mol. The predicted molar refractivity (Wildman–Crippen MR) is 84.1 cm³/mol. The fourth-order valence-corrected chi connectivity index (χ4v) is 3.52. The molecule has 0 spiro atoms. The van der Waals surface area contributed by atoms with E-state index < -0.39 is 0 Å². The van der Waals surface area contributed by atoms with E-state index in [-0.39, 0.29) is 5.54 Å². The fourth-order valence-electron chi connectivity index (χ4n) is 2.75. The number of ether oxygens (including phenoxy) is 1. The lowest BCUT2D eigenvalue weighted by molar-refractivity contribution is 0.255. The van der Waals surface area contributed by atoms with Gasteiger partial charge in [-0.05, 0) is 31.0 Å². The average molecular weight is 347 g/mol. The number of nitrogens with one attached hydrogen (secondary N) is 1. The first kappa shape index (κ1) is 15.1. The van der Waals surface area contributed by atoms with Crippen LogP contribution in [0, 0.1) is 0 Å². The van der Waals surface area contributed by atoms with Gasteiger partial charge in [0.15, 0.2) is 0 Å². The summed E-state index contributed by atoms with van der Waals surface area (Å²) in [6, 6.07) is 6.10. The zero-order chi connectivity index (χ0) is 13.7. The highest BCUT2D eigenvalue weighted by Gasteiger charge is 2.30. The highest BCUT2D eigenvalue weighted by molar-refractivity contribution is 9.10. The first-order valence-corrected chi connectivity index (χ1v) is 8.15. The van der Waals surface area contributed by atoms with Crippen LogP contribution in [0.15, 0.2) is 22.7 Å². The van der Waals surface area contributed by atoms with E-state index in [9.17, 15) is 0 Å². The van der Waals surface area contributed by atoms with Crippen molar-refractivity contribution in [2.45, 2.75) is 44.2 Å². The summed E-state index contributed by atoms with van der Waals surface area (Å²) in [4.78, 5) is 0. The van der Waals surface area contributed by atoms with E-state index in [0.717, 1.165) is 16.8 Å². The van der Waals surface area contributed by atoms with E-state index in [4.69, 9.17) is 16.3 Å². The van der Waals surface area contributed by atoms with Crippen LogP contribution in [0.5, 0.6) is 5.75 Å². The van der Waals surface area contributed by atoms with Crippen LogP contribution in [0.25, 0.3) is 0 Å². The Morgan fingerprint density at radius 1 is 1.32 bits per heavy atom. The van der Waals surface area contributed by atoms with Crippen LogP contribution in [-0.2, 0) is 6.54 Å². The number of benzene rings is 1. The minimum atomic E-state index is 0.104. The fraction of sp³-hybridized carbons (Fsp3) is 0.600. The minimum Gasteiger partial charge on any atom is -0.496 e. The van der Waals surface area contributed by atoms with Gasteiger partial charge in [0.2, 0.25) is 0 Å². The number of hydrogen-bond donors (Lipinski definition) is 1. The Balaban J connectivity index is 2.06. The first-order chi connectivity index (χ1) is 9.19. The molecular weight excluding hydrogens is 326 g/mol. The maximum absolute atomic E-state index is 6.21. The molecule has 0 heterocycles. The van der Waals surface area contributed by atoms with E-state index >= 15 is 0 Å². The van der Waals surface area contributed by atoms with Crippen molar-refractivity contribution in [1.29, 1.82) is 0 Å². The highest BCUT2D eigenvalue weighted by Crippen LogP contribution is 2.31. The molecule has 19 heavy (non-hydrogen) atoms. The molecule has 1 N–H and O–H groups in total. The smallest absolute Gasteiger partial charge is 0.123 e. The molecule has 0 atom stereocenters.